The van der Waals surface area contributed by atoms with Crippen LogP contribution in [0.5, 0.6) is 0 Å². The lowest BCUT2D eigenvalue weighted by molar-refractivity contribution is 0.685. The second kappa shape index (κ2) is 6.92. The minimum absolute atomic E-state index is 0.134. The molecule has 1 aromatic carbocycles. The fourth-order valence-electron chi connectivity index (χ4n) is 1.93. The normalized spacial score (nSPS) is 14.4. The molecule has 0 aromatic heterocycles. The molecule has 1 aromatic rings. The molecule has 2 N–H and O–H groups in total. The number of thioether (sulfide) groups is 1. The number of nitrogens with zero attached hydrogens (tertiary/aromatic N) is 1. The summed E-state index contributed by atoms with van der Waals surface area (Å²) in [4.78, 5) is 2.33. The number of rotatable bonds is 6. The highest BCUT2D eigenvalue weighted by molar-refractivity contribution is 7.98. The van der Waals surface area contributed by atoms with E-state index in [-0.39, 0.29) is 6.04 Å². The zero-order valence-corrected chi connectivity index (χ0v) is 12.1. The van der Waals surface area contributed by atoms with Gasteiger partial charge >= 0.3 is 0 Å². The molecule has 0 fully saturated rings. The van der Waals surface area contributed by atoms with Crippen LogP contribution in [0.3, 0.4) is 0 Å². The lowest BCUT2D eigenvalue weighted by Crippen LogP contribution is -2.32. The number of benzene rings is 1. The Morgan fingerprint density at radius 3 is 2.59 bits per heavy atom. The summed E-state index contributed by atoms with van der Waals surface area (Å²) in [6.07, 6.45) is 3.12. The molecule has 1 rings (SSSR count). The van der Waals surface area contributed by atoms with Crippen molar-refractivity contribution < 1.29 is 0 Å². The Bertz CT molecular complexity index is 341. The SMILES string of the molecule is CC[C@H](N)c1ccccc1N(C)C(C)CSC. The summed E-state index contributed by atoms with van der Waals surface area (Å²) in [7, 11) is 2.15. The topological polar surface area (TPSA) is 29.3 Å². The largest absolute Gasteiger partial charge is 0.371 e. The maximum Gasteiger partial charge on any atom is 0.0414 e. The highest BCUT2D eigenvalue weighted by atomic mass is 32.2. The predicted molar refractivity (Wildman–Crippen MR) is 79.9 cm³/mol. The summed E-state index contributed by atoms with van der Waals surface area (Å²) in [5.41, 5.74) is 8.70. The highest BCUT2D eigenvalue weighted by Gasteiger charge is 2.15. The first-order valence-electron chi connectivity index (χ1n) is 6.18. The Balaban J connectivity index is 2.96. The minimum atomic E-state index is 0.134. The number of hydrogen-bond acceptors (Lipinski definition) is 3. The zero-order chi connectivity index (χ0) is 12.8. The van der Waals surface area contributed by atoms with Gasteiger partial charge in [0, 0.05) is 30.6 Å². The van der Waals surface area contributed by atoms with Crippen LogP contribution in [0.1, 0.15) is 31.9 Å². The van der Waals surface area contributed by atoms with Crippen molar-refractivity contribution in [3.63, 3.8) is 0 Å². The average molecular weight is 252 g/mol. The first-order chi connectivity index (χ1) is 8.11. The lowest BCUT2D eigenvalue weighted by atomic mass is 10.0. The van der Waals surface area contributed by atoms with Gasteiger partial charge in [0.05, 0.1) is 0 Å². The molecular weight excluding hydrogens is 228 g/mol. The molecule has 0 radical (unpaired) electrons. The number of hydrogen-bond donors (Lipinski definition) is 1. The van der Waals surface area contributed by atoms with Crippen molar-refractivity contribution in [1.29, 1.82) is 0 Å². The maximum absolute atomic E-state index is 6.18. The van der Waals surface area contributed by atoms with Crippen molar-refractivity contribution in [2.45, 2.75) is 32.4 Å². The molecule has 0 aliphatic rings. The molecule has 0 bridgehead atoms. The van der Waals surface area contributed by atoms with Crippen LogP contribution in [0.15, 0.2) is 24.3 Å². The molecule has 0 heterocycles. The van der Waals surface area contributed by atoms with Gasteiger partial charge in [-0.15, -0.1) is 0 Å². The van der Waals surface area contributed by atoms with Gasteiger partial charge in [0.15, 0.2) is 0 Å². The Morgan fingerprint density at radius 2 is 2.00 bits per heavy atom. The first-order valence-corrected chi connectivity index (χ1v) is 7.57. The van der Waals surface area contributed by atoms with Crippen LogP contribution in [0.25, 0.3) is 0 Å². The second-order valence-corrected chi connectivity index (χ2v) is 5.40. The standard InChI is InChI=1S/C14H24N2S/c1-5-13(15)12-8-6-7-9-14(12)16(3)11(2)10-17-4/h6-9,11,13H,5,10,15H2,1-4H3/t11?,13-/m0/s1. The van der Waals surface area contributed by atoms with E-state index in [1.165, 1.54) is 11.3 Å². The Morgan fingerprint density at radius 1 is 1.35 bits per heavy atom. The van der Waals surface area contributed by atoms with E-state index < -0.39 is 0 Å². The molecule has 1 unspecified atom stereocenters. The van der Waals surface area contributed by atoms with Gasteiger partial charge in [-0.2, -0.15) is 11.8 Å². The first kappa shape index (κ1) is 14.4. The number of anilines is 1. The van der Waals surface area contributed by atoms with Crippen LogP contribution in [-0.2, 0) is 0 Å². The van der Waals surface area contributed by atoms with Gasteiger partial charge in [-0.1, -0.05) is 25.1 Å². The van der Waals surface area contributed by atoms with E-state index in [2.05, 4.69) is 56.3 Å². The van der Waals surface area contributed by atoms with Gasteiger partial charge in [0.1, 0.15) is 0 Å². The monoisotopic (exact) mass is 252 g/mol. The molecule has 0 amide bonds. The third-order valence-electron chi connectivity index (χ3n) is 3.23. The van der Waals surface area contributed by atoms with Gasteiger partial charge in [0.25, 0.3) is 0 Å². The van der Waals surface area contributed by atoms with Crippen molar-refractivity contribution in [2.24, 2.45) is 5.73 Å². The number of para-hydroxylation sites is 1. The summed E-state index contributed by atoms with van der Waals surface area (Å²) >= 11 is 1.88. The molecule has 2 atom stereocenters. The Hall–Kier alpha value is -0.670. The van der Waals surface area contributed by atoms with E-state index >= 15 is 0 Å². The van der Waals surface area contributed by atoms with Crippen LogP contribution in [-0.4, -0.2) is 25.1 Å². The van der Waals surface area contributed by atoms with E-state index in [4.69, 9.17) is 5.73 Å². The molecule has 0 saturated heterocycles. The molecule has 3 heteroatoms. The highest BCUT2D eigenvalue weighted by Crippen LogP contribution is 2.27. The Kier molecular flexibility index (Phi) is 5.86. The van der Waals surface area contributed by atoms with Crippen LogP contribution < -0.4 is 10.6 Å². The summed E-state index contributed by atoms with van der Waals surface area (Å²) in [5.74, 6) is 1.13. The fourth-order valence-corrected chi connectivity index (χ4v) is 2.64. The second-order valence-electron chi connectivity index (χ2n) is 4.49. The van der Waals surface area contributed by atoms with Gasteiger partial charge in [-0.05, 0) is 31.2 Å². The Labute approximate surface area is 110 Å². The summed E-state index contributed by atoms with van der Waals surface area (Å²) in [6, 6.07) is 9.13. The van der Waals surface area contributed by atoms with Crippen LogP contribution >= 0.6 is 11.8 Å². The molecule has 0 saturated carbocycles. The van der Waals surface area contributed by atoms with Crippen molar-refractivity contribution in [3.05, 3.63) is 29.8 Å². The smallest absolute Gasteiger partial charge is 0.0414 e. The molecular formula is C14H24N2S. The van der Waals surface area contributed by atoms with Crippen LogP contribution in [0.2, 0.25) is 0 Å². The summed E-state index contributed by atoms with van der Waals surface area (Å²) < 4.78 is 0. The third kappa shape index (κ3) is 3.65. The lowest BCUT2D eigenvalue weighted by Gasteiger charge is -2.30. The average Bonchev–Trinajstić information content (AvgIpc) is 2.37. The van der Waals surface area contributed by atoms with Crippen molar-refractivity contribution in [2.75, 3.05) is 24.0 Å². The van der Waals surface area contributed by atoms with E-state index in [0.717, 1.165) is 12.2 Å². The summed E-state index contributed by atoms with van der Waals surface area (Å²) in [5, 5.41) is 0. The van der Waals surface area contributed by atoms with E-state index in [1.807, 2.05) is 11.8 Å². The summed E-state index contributed by atoms with van der Waals surface area (Å²) in [6.45, 7) is 4.39. The van der Waals surface area contributed by atoms with Gasteiger partial charge in [0.2, 0.25) is 0 Å². The molecule has 96 valence electrons. The number of nitrogens with two attached hydrogens (primary N) is 1. The van der Waals surface area contributed by atoms with E-state index in [1.54, 1.807) is 0 Å². The van der Waals surface area contributed by atoms with Gasteiger partial charge in [-0.25, -0.2) is 0 Å². The minimum Gasteiger partial charge on any atom is -0.371 e. The van der Waals surface area contributed by atoms with Crippen molar-refractivity contribution in [3.8, 4) is 0 Å². The van der Waals surface area contributed by atoms with E-state index in [9.17, 15) is 0 Å². The quantitative estimate of drug-likeness (QED) is 0.842. The predicted octanol–water partition coefficient (Wildman–Crippen LogP) is 3.28. The molecule has 2 nitrogen and oxygen atoms in total. The van der Waals surface area contributed by atoms with Crippen molar-refractivity contribution in [1.82, 2.24) is 0 Å². The van der Waals surface area contributed by atoms with E-state index in [0.29, 0.717) is 6.04 Å². The molecule has 0 spiro atoms. The molecule has 17 heavy (non-hydrogen) atoms. The molecule has 0 aliphatic heterocycles. The van der Waals surface area contributed by atoms with Crippen LogP contribution in [0, 0.1) is 0 Å². The zero-order valence-electron chi connectivity index (χ0n) is 11.3. The fraction of sp³-hybridized carbons (Fsp3) is 0.571. The van der Waals surface area contributed by atoms with Gasteiger partial charge < -0.3 is 10.6 Å². The van der Waals surface area contributed by atoms with Crippen LogP contribution in [0.4, 0.5) is 5.69 Å². The van der Waals surface area contributed by atoms with Crippen molar-refractivity contribution >= 4 is 17.4 Å². The van der Waals surface area contributed by atoms with Gasteiger partial charge in [-0.3, -0.25) is 0 Å². The maximum atomic E-state index is 6.18. The molecule has 0 aliphatic carbocycles. The third-order valence-corrected chi connectivity index (χ3v) is 4.04.